The minimum atomic E-state index is -1.57. The van der Waals surface area contributed by atoms with E-state index in [1.165, 1.54) is 6.07 Å². The second-order valence-electron chi connectivity index (χ2n) is 8.23. The van der Waals surface area contributed by atoms with Gasteiger partial charge in [-0.2, -0.15) is 8.78 Å². The summed E-state index contributed by atoms with van der Waals surface area (Å²) < 4.78 is 90.0. The second kappa shape index (κ2) is 9.52. The van der Waals surface area contributed by atoms with E-state index >= 15 is 0 Å². The number of halogens is 6. The minimum absolute atomic E-state index is 0.0161. The highest BCUT2D eigenvalue weighted by Gasteiger charge is 2.30. The Morgan fingerprint density at radius 3 is 1.80 bits per heavy atom. The first kappa shape index (κ1) is 24.4. The summed E-state index contributed by atoms with van der Waals surface area (Å²) in [6.45, 7) is 0. The molecule has 0 aromatic heterocycles. The van der Waals surface area contributed by atoms with Crippen LogP contribution in [-0.4, -0.2) is 22.3 Å². The van der Waals surface area contributed by atoms with Gasteiger partial charge in [-0.25, -0.2) is 22.4 Å². The van der Waals surface area contributed by atoms with Crippen molar-refractivity contribution in [1.29, 1.82) is 0 Å². The zero-order valence-electron chi connectivity index (χ0n) is 17.9. The van der Waals surface area contributed by atoms with Crippen LogP contribution in [0.5, 0.6) is 11.5 Å². The predicted octanol–water partition coefficient (Wildman–Crippen LogP) is 6.48. The van der Waals surface area contributed by atoms with Gasteiger partial charge in [0.2, 0.25) is 11.6 Å². The van der Waals surface area contributed by atoms with Gasteiger partial charge in [0.05, 0.1) is 5.56 Å². The fourth-order valence-electron chi connectivity index (χ4n) is 4.24. The van der Waals surface area contributed by atoms with Gasteiger partial charge in [0.1, 0.15) is 6.10 Å². The van der Waals surface area contributed by atoms with E-state index in [9.17, 15) is 36.2 Å². The molecule has 10 heteroatoms. The Hall–Kier alpha value is -3.69. The maximum atomic E-state index is 14.9. The third-order valence-electron chi connectivity index (χ3n) is 6.13. The molecule has 3 aromatic carbocycles. The van der Waals surface area contributed by atoms with Crippen LogP contribution in [0.2, 0.25) is 0 Å². The van der Waals surface area contributed by atoms with E-state index < -0.39 is 81.1 Å². The van der Waals surface area contributed by atoms with Gasteiger partial charge in [-0.05, 0) is 61.4 Å². The van der Waals surface area contributed by atoms with Crippen molar-refractivity contribution in [3.8, 4) is 22.6 Å². The van der Waals surface area contributed by atoms with Crippen LogP contribution >= 0.6 is 0 Å². The monoisotopic (exact) mass is 496 g/mol. The van der Waals surface area contributed by atoms with Crippen molar-refractivity contribution in [1.82, 2.24) is 0 Å². The number of benzene rings is 3. The number of phenols is 2. The van der Waals surface area contributed by atoms with Crippen LogP contribution in [0.3, 0.4) is 0 Å². The van der Waals surface area contributed by atoms with Crippen molar-refractivity contribution in [2.45, 2.75) is 37.7 Å². The molecule has 0 heterocycles. The number of phenolic OH excluding ortho intramolecular Hbond substituents is 2. The maximum absolute atomic E-state index is 14.9. The molecule has 1 saturated carbocycles. The number of esters is 1. The average Bonchev–Trinajstić information content (AvgIpc) is 2.84. The number of rotatable bonds is 4. The number of hydrogen-bond donors (Lipinski definition) is 2. The molecule has 1 aliphatic rings. The number of hydrogen-bond acceptors (Lipinski definition) is 4. The van der Waals surface area contributed by atoms with Gasteiger partial charge in [0.25, 0.3) is 0 Å². The first-order chi connectivity index (χ1) is 16.6. The zero-order chi connectivity index (χ0) is 25.4. The highest BCUT2D eigenvalue weighted by molar-refractivity contribution is 5.90. The number of carbonyl (C=O) groups excluding carboxylic acids is 1. The Morgan fingerprint density at radius 1 is 0.657 bits per heavy atom. The highest BCUT2D eigenvalue weighted by atomic mass is 19.2. The van der Waals surface area contributed by atoms with Gasteiger partial charge in [0, 0.05) is 11.1 Å². The summed E-state index contributed by atoms with van der Waals surface area (Å²) in [6, 6.07) is 5.88. The molecule has 0 unspecified atom stereocenters. The summed E-state index contributed by atoms with van der Waals surface area (Å²) in [5.74, 6) is -12.3. The van der Waals surface area contributed by atoms with E-state index in [1.54, 1.807) is 0 Å². The van der Waals surface area contributed by atoms with Crippen LogP contribution < -0.4 is 0 Å². The predicted molar refractivity (Wildman–Crippen MR) is 112 cm³/mol. The van der Waals surface area contributed by atoms with Gasteiger partial charge in [0.15, 0.2) is 34.8 Å². The smallest absolute Gasteiger partial charge is 0.341 e. The molecular weight excluding hydrogens is 478 g/mol. The topological polar surface area (TPSA) is 66.8 Å². The average molecular weight is 496 g/mol. The first-order valence-corrected chi connectivity index (χ1v) is 10.6. The second-order valence-corrected chi connectivity index (χ2v) is 8.23. The third-order valence-corrected chi connectivity index (χ3v) is 6.13. The minimum Gasteiger partial charge on any atom is -0.505 e. The third kappa shape index (κ3) is 4.52. The summed E-state index contributed by atoms with van der Waals surface area (Å²) in [7, 11) is 0. The first-order valence-electron chi connectivity index (χ1n) is 10.6. The molecular formula is C25H18F6O4. The van der Waals surface area contributed by atoms with Crippen LogP contribution in [0.1, 0.15) is 47.5 Å². The Balaban J connectivity index is 1.46. The molecule has 35 heavy (non-hydrogen) atoms. The summed E-state index contributed by atoms with van der Waals surface area (Å²) in [4.78, 5) is 12.2. The number of aromatic hydroxyl groups is 2. The fourth-order valence-corrected chi connectivity index (χ4v) is 4.24. The summed E-state index contributed by atoms with van der Waals surface area (Å²) >= 11 is 0. The van der Waals surface area contributed by atoms with Crippen molar-refractivity contribution >= 4 is 5.97 Å². The van der Waals surface area contributed by atoms with Crippen LogP contribution in [0, 0.1) is 34.9 Å². The quantitative estimate of drug-likeness (QED) is 0.321. The Labute approximate surface area is 195 Å². The molecule has 0 aliphatic heterocycles. The molecule has 0 atom stereocenters. The molecule has 0 amide bonds. The summed E-state index contributed by atoms with van der Waals surface area (Å²) in [5, 5.41) is 18.4. The highest BCUT2D eigenvalue weighted by Crippen LogP contribution is 2.39. The molecule has 0 bridgehead atoms. The lowest BCUT2D eigenvalue weighted by atomic mass is 9.82. The SMILES string of the molecule is O=C(OC1CCC(c2ccc(-c3ccc(O)c(F)c3F)c(F)c2F)CC1)c1ccc(O)c(F)c1F. The molecule has 0 saturated heterocycles. The van der Waals surface area contributed by atoms with Crippen molar-refractivity contribution in [3.63, 3.8) is 0 Å². The van der Waals surface area contributed by atoms with Crippen LogP contribution in [0.15, 0.2) is 36.4 Å². The lowest BCUT2D eigenvalue weighted by molar-refractivity contribution is 0.0188. The molecule has 4 rings (SSSR count). The van der Waals surface area contributed by atoms with Gasteiger partial charge in [-0.3, -0.25) is 0 Å². The van der Waals surface area contributed by atoms with Gasteiger partial charge in [-0.15, -0.1) is 0 Å². The largest absolute Gasteiger partial charge is 0.505 e. The number of carbonyl (C=O) groups is 1. The molecule has 1 aliphatic carbocycles. The van der Waals surface area contributed by atoms with Crippen molar-refractivity contribution in [2.24, 2.45) is 0 Å². The van der Waals surface area contributed by atoms with E-state index in [0.29, 0.717) is 0 Å². The lowest BCUT2D eigenvalue weighted by Crippen LogP contribution is -2.25. The Kier molecular flexibility index (Phi) is 6.64. The summed E-state index contributed by atoms with van der Waals surface area (Å²) in [6.07, 6.45) is 0.361. The van der Waals surface area contributed by atoms with Crippen molar-refractivity contribution in [2.75, 3.05) is 0 Å². The van der Waals surface area contributed by atoms with Crippen molar-refractivity contribution in [3.05, 3.63) is 82.4 Å². The van der Waals surface area contributed by atoms with E-state index in [1.807, 2.05) is 0 Å². The Bertz CT molecular complexity index is 1300. The molecule has 4 nitrogen and oxygen atoms in total. The van der Waals surface area contributed by atoms with Crippen LogP contribution in [0.25, 0.3) is 11.1 Å². The number of ether oxygens (including phenoxy) is 1. The van der Waals surface area contributed by atoms with Crippen molar-refractivity contribution < 1.29 is 46.1 Å². The van der Waals surface area contributed by atoms with E-state index in [0.717, 1.165) is 30.3 Å². The lowest BCUT2D eigenvalue weighted by Gasteiger charge is -2.29. The van der Waals surface area contributed by atoms with E-state index in [2.05, 4.69) is 0 Å². The molecule has 2 N–H and O–H groups in total. The van der Waals surface area contributed by atoms with Crippen LogP contribution in [-0.2, 0) is 4.74 Å². The molecule has 3 aromatic rings. The summed E-state index contributed by atoms with van der Waals surface area (Å²) in [5.41, 5.74) is -1.71. The Morgan fingerprint density at radius 2 is 1.17 bits per heavy atom. The van der Waals surface area contributed by atoms with Gasteiger partial charge >= 0.3 is 5.97 Å². The zero-order valence-corrected chi connectivity index (χ0v) is 17.9. The normalized spacial score (nSPS) is 17.9. The van der Waals surface area contributed by atoms with E-state index in [4.69, 9.17) is 9.84 Å². The fraction of sp³-hybridized carbons (Fsp3) is 0.240. The van der Waals surface area contributed by atoms with Crippen LogP contribution in [0.4, 0.5) is 26.3 Å². The van der Waals surface area contributed by atoms with E-state index in [-0.39, 0.29) is 31.2 Å². The standard InChI is InChI=1S/C25H18F6O4/c26-19-13(5-6-14(20(19)27)15-7-9-17(32)23(30)21(15)28)11-1-3-12(4-2-11)35-25(34)16-8-10-18(33)24(31)22(16)29/h5-12,32-33H,1-4H2. The maximum Gasteiger partial charge on any atom is 0.341 e. The van der Waals surface area contributed by atoms with Gasteiger partial charge < -0.3 is 14.9 Å². The van der Waals surface area contributed by atoms with Gasteiger partial charge in [-0.1, -0.05) is 12.1 Å². The molecule has 0 radical (unpaired) electrons. The molecule has 1 fully saturated rings. The molecule has 184 valence electrons. The molecule has 0 spiro atoms.